The Bertz CT molecular complexity index is 488. The molecular formula is C12H13F2N3. The summed E-state index contributed by atoms with van der Waals surface area (Å²) in [5, 5.41) is 3.08. The first-order chi connectivity index (χ1) is 8.22. The first-order valence-corrected chi connectivity index (χ1v) is 5.41. The second-order valence-corrected chi connectivity index (χ2v) is 3.62. The monoisotopic (exact) mass is 237 g/mol. The maximum absolute atomic E-state index is 13.5. The number of halogens is 2. The second-order valence-electron chi connectivity index (χ2n) is 3.62. The van der Waals surface area contributed by atoms with Crippen molar-refractivity contribution < 1.29 is 8.78 Å². The van der Waals surface area contributed by atoms with Gasteiger partial charge in [-0.05, 0) is 18.7 Å². The van der Waals surface area contributed by atoms with Crippen molar-refractivity contribution >= 4 is 0 Å². The van der Waals surface area contributed by atoms with Crippen molar-refractivity contribution in [3.63, 3.8) is 0 Å². The minimum Gasteiger partial charge on any atom is -0.341 e. The predicted molar refractivity (Wildman–Crippen MR) is 61.3 cm³/mol. The van der Waals surface area contributed by atoms with Crippen molar-refractivity contribution in [1.29, 1.82) is 0 Å². The molecule has 3 nitrogen and oxygen atoms in total. The van der Waals surface area contributed by atoms with Crippen LogP contribution >= 0.6 is 0 Å². The molecule has 0 radical (unpaired) electrons. The Morgan fingerprint density at radius 3 is 2.65 bits per heavy atom. The van der Waals surface area contributed by atoms with Crippen LogP contribution in [0.15, 0.2) is 24.4 Å². The Labute approximate surface area is 97.9 Å². The smallest absolute Gasteiger partial charge is 0.135 e. The van der Waals surface area contributed by atoms with Gasteiger partial charge in [0.1, 0.15) is 17.5 Å². The molecule has 0 aliphatic carbocycles. The van der Waals surface area contributed by atoms with E-state index in [0.29, 0.717) is 18.1 Å². The predicted octanol–water partition coefficient (Wildman–Crippen LogP) is 2.46. The topological polar surface area (TPSA) is 40.7 Å². The molecule has 0 saturated heterocycles. The first-order valence-electron chi connectivity index (χ1n) is 5.41. The molecule has 0 aliphatic heterocycles. The summed E-state index contributed by atoms with van der Waals surface area (Å²) in [5.41, 5.74) is 0.288. The normalized spacial score (nSPS) is 10.8. The third kappa shape index (κ3) is 2.50. The lowest BCUT2D eigenvalue weighted by Crippen LogP contribution is -2.12. The lowest BCUT2D eigenvalue weighted by atomic mass is 10.1. The number of nitrogens with one attached hydrogen (secondary N) is 2. The summed E-state index contributed by atoms with van der Waals surface area (Å²) in [6, 6.07) is 3.79. The van der Waals surface area contributed by atoms with Crippen molar-refractivity contribution in [2.75, 3.05) is 6.54 Å². The summed E-state index contributed by atoms with van der Waals surface area (Å²) in [7, 11) is 0. The molecule has 0 saturated carbocycles. The van der Waals surface area contributed by atoms with Gasteiger partial charge in [0.15, 0.2) is 0 Å². The SMILES string of the molecule is CCNCc1ncc(-c2c(F)cccc2F)[nH]1. The average molecular weight is 237 g/mol. The van der Waals surface area contributed by atoms with E-state index in [1.54, 1.807) is 0 Å². The quantitative estimate of drug-likeness (QED) is 0.857. The first kappa shape index (κ1) is 11.7. The molecule has 0 unspecified atom stereocenters. The van der Waals surface area contributed by atoms with E-state index in [1.807, 2.05) is 6.92 Å². The molecule has 17 heavy (non-hydrogen) atoms. The minimum absolute atomic E-state index is 0.0669. The van der Waals surface area contributed by atoms with E-state index >= 15 is 0 Å². The van der Waals surface area contributed by atoms with Crippen LogP contribution in [0.2, 0.25) is 0 Å². The Balaban J connectivity index is 2.30. The third-order valence-electron chi connectivity index (χ3n) is 2.40. The van der Waals surface area contributed by atoms with Gasteiger partial charge in [0.05, 0.1) is 24.0 Å². The van der Waals surface area contributed by atoms with Gasteiger partial charge < -0.3 is 10.3 Å². The molecule has 0 atom stereocenters. The third-order valence-corrected chi connectivity index (χ3v) is 2.40. The highest BCUT2D eigenvalue weighted by molar-refractivity contribution is 5.60. The number of aromatic nitrogens is 2. The summed E-state index contributed by atoms with van der Waals surface area (Å²) >= 11 is 0. The van der Waals surface area contributed by atoms with Gasteiger partial charge >= 0.3 is 0 Å². The van der Waals surface area contributed by atoms with Crippen LogP contribution in [0.4, 0.5) is 8.78 Å². The summed E-state index contributed by atoms with van der Waals surface area (Å²) in [4.78, 5) is 6.95. The molecule has 0 amide bonds. The molecule has 0 bridgehead atoms. The molecule has 0 spiro atoms. The van der Waals surface area contributed by atoms with E-state index in [-0.39, 0.29) is 5.56 Å². The number of benzene rings is 1. The van der Waals surface area contributed by atoms with Crippen molar-refractivity contribution in [3.05, 3.63) is 41.9 Å². The lowest BCUT2D eigenvalue weighted by Gasteiger charge is -2.01. The number of imidazole rings is 1. The number of H-pyrrole nitrogens is 1. The molecule has 0 aliphatic rings. The number of nitrogens with zero attached hydrogens (tertiary/aromatic N) is 1. The molecule has 2 rings (SSSR count). The van der Waals surface area contributed by atoms with Crippen LogP contribution in [-0.2, 0) is 6.54 Å². The molecule has 0 fully saturated rings. The van der Waals surface area contributed by atoms with Crippen LogP contribution in [0.5, 0.6) is 0 Å². The van der Waals surface area contributed by atoms with Crippen molar-refractivity contribution in [1.82, 2.24) is 15.3 Å². The average Bonchev–Trinajstić information content (AvgIpc) is 2.75. The summed E-state index contributed by atoms with van der Waals surface area (Å²) < 4.78 is 27.0. The molecule has 5 heteroatoms. The highest BCUT2D eigenvalue weighted by Gasteiger charge is 2.13. The van der Waals surface area contributed by atoms with E-state index in [2.05, 4.69) is 15.3 Å². The summed E-state index contributed by atoms with van der Waals surface area (Å²) in [5.74, 6) is -0.531. The number of hydrogen-bond donors (Lipinski definition) is 2. The standard InChI is InChI=1S/C12H13F2N3/c1-2-15-7-11-16-6-10(17-11)12-8(13)4-3-5-9(12)14/h3-6,15H,2,7H2,1H3,(H,16,17). The van der Waals surface area contributed by atoms with Gasteiger partial charge in [0, 0.05) is 0 Å². The van der Waals surface area contributed by atoms with Crippen molar-refractivity contribution in [3.8, 4) is 11.3 Å². The highest BCUT2D eigenvalue weighted by atomic mass is 19.1. The summed E-state index contributed by atoms with van der Waals surface area (Å²) in [6.45, 7) is 3.33. The zero-order valence-corrected chi connectivity index (χ0v) is 9.43. The zero-order valence-electron chi connectivity index (χ0n) is 9.43. The lowest BCUT2D eigenvalue weighted by molar-refractivity contribution is 0.588. The maximum atomic E-state index is 13.5. The van der Waals surface area contributed by atoms with Crippen LogP contribution in [0.25, 0.3) is 11.3 Å². The Kier molecular flexibility index (Phi) is 3.49. The van der Waals surface area contributed by atoms with Gasteiger partial charge in [-0.1, -0.05) is 13.0 Å². The summed E-state index contributed by atoms with van der Waals surface area (Å²) in [6.07, 6.45) is 1.44. The molecule has 1 heterocycles. The highest BCUT2D eigenvalue weighted by Crippen LogP contribution is 2.23. The number of aromatic amines is 1. The fourth-order valence-electron chi connectivity index (χ4n) is 1.58. The molecule has 2 aromatic rings. The fourth-order valence-corrected chi connectivity index (χ4v) is 1.58. The van der Waals surface area contributed by atoms with Gasteiger partial charge in [0.2, 0.25) is 0 Å². The van der Waals surface area contributed by atoms with E-state index in [9.17, 15) is 8.78 Å². The number of hydrogen-bond acceptors (Lipinski definition) is 2. The van der Waals surface area contributed by atoms with Crippen LogP contribution in [-0.4, -0.2) is 16.5 Å². The van der Waals surface area contributed by atoms with Crippen LogP contribution < -0.4 is 5.32 Å². The van der Waals surface area contributed by atoms with E-state index in [1.165, 1.54) is 24.4 Å². The Morgan fingerprint density at radius 2 is 2.00 bits per heavy atom. The van der Waals surface area contributed by atoms with Gasteiger partial charge in [0.25, 0.3) is 0 Å². The van der Waals surface area contributed by atoms with Gasteiger partial charge in [-0.25, -0.2) is 13.8 Å². The molecule has 2 N–H and O–H groups in total. The van der Waals surface area contributed by atoms with Gasteiger partial charge in [-0.3, -0.25) is 0 Å². The van der Waals surface area contributed by atoms with Crippen LogP contribution in [0, 0.1) is 11.6 Å². The zero-order chi connectivity index (χ0) is 12.3. The number of rotatable bonds is 4. The van der Waals surface area contributed by atoms with Crippen LogP contribution in [0.3, 0.4) is 0 Å². The largest absolute Gasteiger partial charge is 0.341 e. The second kappa shape index (κ2) is 5.05. The van der Waals surface area contributed by atoms with Gasteiger partial charge in [-0.15, -0.1) is 0 Å². The molecule has 90 valence electrons. The Hall–Kier alpha value is -1.75. The molecule has 1 aromatic heterocycles. The van der Waals surface area contributed by atoms with Gasteiger partial charge in [-0.2, -0.15) is 0 Å². The Morgan fingerprint density at radius 1 is 1.29 bits per heavy atom. The van der Waals surface area contributed by atoms with E-state index < -0.39 is 11.6 Å². The molecule has 1 aromatic carbocycles. The van der Waals surface area contributed by atoms with Crippen LogP contribution in [0.1, 0.15) is 12.7 Å². The fraction of sp³-hybridized carbons (Fsp3) is 0.250. The van der Waals surface area contributed by atoms with Crippen molar-refractivity contribution in [2.24, 2.45) is 0 Å². The van der Waals surface area contributed by atoms with E-state index in [4.69, 9.17) is 0 Å². The van der Waals surface area contributed by atoms with Crippen molar-refractivity contribution in [2.45, 2.75) is 13.5 Å². The molecular weight excluding hydrogens is 224 g/mol. The van der Waals surface area contributed by atoms with E-state index in [0.717, 1.165) is 6.54 Å². The maximum Gasteiger partial charge on any atom is 0.135 e. The minimum atomic E-state index is -0.594.